The first-order valence-electron chi connectivity index (χ1n) is 9.90. The van der Waals surface area contributed by atoms with Gasteiger partial charge < -0.3 is 15.4 Å². The van der Waals surface area contributed by atoms with Gasteiger partial charge in [0.2, 0.25) is 0 Å². The first kappa shape index (κ1) is 22.2. The van der Waals surface area contributed by atoms with Crippen LogP contribution in [0.2, 0.25) is 5.02 Å². The van der Waals surface area contributed by atoms with Gasteiger partial charge in [-0.15, -0.1) is 0 Å². The van der Waals surface area contributed by atoms with Crippen LogP contribution < -0.4 is 10.6 Å². The number of likely N-dealkylation sites (tertiary alicyclic amines) is 1. The van der Waals surface area contributed by atoms with Crippen LogP contribution in [0.4, 0.5) is 13.2 Å². The number of nitrogens with one attached hydrogen (secondary N) is 2. The first-order valence-corrected chi connectivity index (χ1v) is 10.3. The number of hydrogen-bond acceptors (Lipinski definition) is 3. The zero-order valence-electron chi connectivity index (χ0n) is 16.6. The lowest BCUT2D eigenvalue weighted by molar-refractivity contribution is -0.143. The molecule has 0 amide bonds. The molecule has 2 aliphatic heterocycles. The minimum Gasteiger partial charge on any atom is -0.381 e. The zero-order valence-corrected chi connectivity index (χ0v) is 17.3. The van der Waals surface area contributed by atoms with Crippen LogP contribution >= 0.6 is 11.6 Å². The summed E-state index contributed by atoms with van der Waals surface area (Å²) < 4.78 is 43.4. The normalized spacial score (nSPS) is 23.2. The molecule has 2 heterocycles. The molecule has 2 aliphatic rings. The molecule has 5 nitrogen and oxygen atoms in total. The van der Waals surface area contributed by atoms with Gasteiger partial charge in [0, 0.05) is 56.4 Å². The molecule has 2 fully saturated rings. The highest BCUT2D eigenvalue weighted by Crippen LogP contribution is 2.35. The molecule has 2 N–H and O–H groups in total. The Morgan fingerprint density at radius 3 is 2.76 bits per heavy atom. The Kier molecular flexibility index (Phi) is 7.29. The maximum atomic E-state index is 12.6. The molecule has 0 bridgehead atoms. The molecule has 3 rings (SSSR count). The van der Waals surface area contributed by atoms with Gasteiger partial charge in [0.05, 0.1) is 6.54 Å². The molecular weight excluding hydrogens is 405 g/mol. The largest absolute Gasteiger partial charge is 0.401 e. The van der Waals surface area contributed by atoms with E-state index in [2.05, 4.69) is 21.7 Å². The van der Waals surface area contributed by atoms with E-state index in [1.165, 1.54) is 4.90 Å². The maximum Gasteiger partial charge on any atom is 0.401 e. The van der Waals surface area contributed by atoms with Crippen LogP contribution in [0.3, 0.4) is 0 Å². The number of benzene rings is 1. The summed E-state index contributed by atoms with van der Waals surface area (Å²) in [5.41, 5.74) is 1.03. The summed E-state index contributed by atoms with van der Waals surface area (Å²) in [6.45, 7) is 1.92. The van der Waals surface area contributed by atoms with E-state index in [1.807, 2.05) is 18.2 Å². The Labute approximate surface area is 174 Å². The standard InChI is InChI=1S/C20H28ClF3N4O/c1-25-18(27-17-5-8-28(12-17)14-20(22,23)24)26-13-19(6-9-29-10-7-19)15-3-2-4-16(21)11-15/h2-4,11,17H,5-10,12-14H2,1H3,(H2,25,26,27). The van der Waals surface area contributed by atoms with E-state index in [0.29, 0.717) is 50.3 Å². The minimum absolute atomic E-state index is 0.0552. The summed E-state index contributed by atoms with van der Waals surface area (Å²) >= 11 is 6.22. The summed E-state index contributed by atoms with van der Waals surface area (Å²) in [4.78, 5) is 5.70. The van der Waals surface area contributed by atoms with Crippen molar-refractivity contribution in [3.63, 3.8) is 0 Å². The average Bonchev–Trinajstić information content (AvgIpc) is 3.11. The fraction of sp³-hybridized carbons (Fsp3) is 0.650. The van der Waals surface area contributed by atoms with E-state index < -0.39 is 12.7 Å². The number of nitrogens with zero attached hydrogens (tertiary/aromatic N) is 2. The zero-order chi connectivity index (χ0) is 20.9. The van der Waals surface area contributed by atoms with Gasteiger partial charge >= 0.3 is 6.18 Å². The van der Waals surface area contributed by atoms with Gasteiger partial charge in [-0.2, -0.15) is 13.2 Å². The highest BCUT2D eigenvalue weighted by Gasteiger charge is 2.36. The van der Waals surface area contributed by atoms with Crippen molar-refractivity contribution in [3.05, 3.63) is 34.9 Å². The summed E-state index contributed by atoms with van der Waals surface area (Å²) in [6, 6.07) is 7.84. The molecular formula is C20H28ClF3N4O. The van der Waals surface area contributed by atoms with Gasteiger partial charge in [-0.05, 0) is 37.0 Å². The highest BCUT2D eigenvalue weighted by atomic mass is 35.5. The topological polar surface area (TPSA) is 48.9 Å². The predicted octanol–water partition coefficient (Wildman–Crippen LogP) is 3.19. The fourth-order valence-electron chi connectivity index (χ4n) is 4.14. The first-order chi connectivity index (χ1) is 13.8. The van der Waals surface area contributed by atoms with Crippen LogP contribution in [-0.2, 0) is 10.2 Å². The van der Waals surface area contributed by atoms with Crippen molar-refractivity contribution in [3.8, 4) is 0 Å². The Morgan fingerprint density at radius 1 is 1.34 bits per heavy atom. The van der Waals surface area contributed by atoms with Crippen LogP contribution in [0.15, 0.2) is 29.3 Å². The summed E-state index contributed by atoms with van der Waals surface area (Å²) in [6.07, 6.45) is -1.79. The second-order valence-electron chi connectivity index (χ2n) is 7.81. The molecule has 29 heavy (non-hydrogen) atoms. The lowest BCUT2D eigenvalue weighted by Crippen LogP contribution is -2.50. The van der Waals surface area contributed by atoms with E-state index in [0.717, 1.165) is 18.4 Å². The molecule has 0 radical (unpaired) electrons. The molecule has 162 valence electrons. The molecule has 0 spiro atoms. The van der Waals surface area contributed by atoms with Crippen molar-refractivity contribution in [2.75, 3.05) is 46.4 Å². The molecule has 1 aromatic rings. The highest BCUT2D eigenvalue weighted by molar-refractivity contribution is 6.30. The Bertz CT molecular complexity index is 707. The molecule has 1 unspecified atom stereocenters. The summed E-state index contributed by atoms with van der Waals surface area (Å²) in [7, 11) is 1.67. The quantitative estimate of drug-likeness (QED) is 0.554. The number of ether oxygens (including phenoxy) is 1. The van der Waals surface area contributed by atoms with E-state index >= 15 is 0 Å². The summed E-state index contributed by atoms with van der Waals surface area (Å²) in [5.74, 6) is 0.608. The van der Waals surface area contributed by atoms with Crippen LogP contribution in [0.5, 0.6) is 0 Å². The van der Waals surface area contributed by atoms with Crippen LogP contribution in [0, 0.1) is 0 Å². The number of aliphatic imine (C=N–C) groups is 1. The van der Waals surface area contributed by atoms with Gasteiger partial charge in [-0.3, -0.25) is 9.89 Å². The Balaban J connectivity index is 1.60. The van der Waals surface area contributed by atoms with Crippen molar-refractivity contribution in [1.82, 2.24) is 15.5 Å². The summed E-state index contributed by atoms with van der Waals surface area (Å²) in [5, 5.41) is 7.36. The number of guanidine groups is 1. The van der Waals surface area contributed by atoms with Crippen LogP contribution in [0.25, 0.3) is 0 Å². The fourth-order valence-corrected chi connectivity index (χ4v) is 4.33. The van der Waals surface area contributed by atoms with Gasteiger partial charge in [-0.25, -0.2) is 0 Å². The third-order valence-corrected chi connectivity index (χ3v) is 5.96. The van der Waals surface area contributed by atoms with Gasteiger partial charge in [0.15, 0.2) is 5.96 Å². The van der Waals surface area contributed by atoms with E-state index in [1.54, 1.807) is 7.05 Å². The number of alkyl halides is 3. The van der Waals surface area contributed by atoms with Crippen molar-refractivity contribution in [1.29, 1.82) is 0 Å². The van der Waals surface area contributed by atoms with Gasteiger partial charge in [-0.1, -0.05) is 23.7 Å². The molecule has 0 saturated carbocycles. The molecule has 9 heteroatoms. The second-order valence-corrected chi connectivity index (χ2v) is 8.25. The monoisotopic (exact) mass is 432 g/mol. The van der Waals surface area contributed by atoms with E-state index in [-0.39, 0.29) is 11.5 Å². The smallest absolute Gasteiger partial charge is 0.381 e. The number of hydrogen-bond donors (Lipinski definition) is 2. The van der Waals surface area contributed by atoms with Crippen LogP contribution in [0.1, 0.15) is 24.8 Å². The molecule has 0 aliphatic carbocycles. The van der Waals surface area contributed by atoms with Crippen molar-refractivity contribution >= 4 is 17.6 Å². The van der Waals surface area contributed by atoms with E-state index in [4.69, 9.17) is 16.3 Å². The van der Waals surface area contributed by atoms with Crippen molar-refractivity contribution in [2.45, 2.75) is 36.9 Å². The van der Waals surface area contributed by atoms with Crippen LogP contribution in [-0.4, -0.2) is 69.5 Å². The van der Waals surface area contributed by atoms with E-state index in [9.17, 15) is 13.2 Å². The van der Waals surface area contributed by atoms with Crippen molar-refractivity contribution in [2.24, 2.45) is 4.99 Å². The SMILES string of the molecule is CN=C(NCC1(c2cccc(Cl)c2)CCOCC1)NC1CCN(CC(F)(F)F)C1. The van der Waals surface area contributed by atoms with Gasteiger partial charge in [0.1, 0.15) is 0 Å². The van der Waals surface area contributed by atoms with Gasteiger partial charge in [0.25, 0.3) is 0 Å². The third kappa shape index (κ3) is 6.23. The molecule has 1 aromatic carbocycles. The Hall–Kier alpha value is -1.51. The number of halogens is 4. The maximum absolute atomic E-state index is 12.6. The number of rotatable bonds is 5. The minimum atomic E-state index is -4.17. The van der Waals surface area contributed by atoms with Crippen molar-refractivity contribution < 1.29 is 17.9 Å². The average molecular weight is 433 g/mol. The molecule has 1 atom stereocenters. The Morgan fingerprint density at radius 2 is 2.10 bits per heavy atom. The molecule has 0 aromatic heterocycles. The lowest BCUT2D eigenvalue weighted by atomic mass is 9.74. The predicted molar refractivity (Wildman–Crippen MR) is 109 cm³/mol. The second kappa shape index (κ2) is 9.53. The molecule has 2 saturated heterocycles. The third-order valence-electron chi connectivity index (χ3n) is 5.72. The lowest BCUT2D eigenvalue weighted by Gasteiger charge is -2.38.